The van der Waals surface area contributed by atoms with Gasteiger partial charge >= 0.3 is 0 Å². The number of aromatic nitrogens is 6. The maximum Gasteiger partial charge on any atom is 0.267 e. The van der Waals surface area contributed by atoms with Crippen LogP contribution < -0.4 is 10.9 Å². The van der Waals surface area contributed by atoms with Crippen molar-refractivity contribution in [2.45, 2.75) is 32.2 Å². The summed E-state index contributed by atoms with van der Waals surface area (Å²) in [7, 11) is 1.69. The monoisotopic (exact) mass is 365 g/mol. The molecule has 1 aromatic carbocycles. The highest BCUT2D eigenvalue weighted by Crippen LogP contribution is 2.19. The van der Waals surface area contributed by atoms with Crippen LogP contribution in [0, 0.1) is 0 Å². The zero-order chi connectivity index (χ0) is 18.8. The van der Waals surface area contributed by atoms with E-state index in [1.807, 2.05) is 6.07 Å². The Hall–Kier alpha value is -3.36. The predicted octanol–water partition coefficient (Wildman–Crippen LogP) is 0.951. The van der Waals surface area contributed by atoms with Crippen LogP contribution in [-0.2, 0) is 31.2 Å². The van der Waals surface area contributed by atoms with Gasteiger partial charge in [0, 0.05) is 17.3 Å². The van der Waals surface area contributed by atoms with Crippen LogP contribution >= 0.6 is 0 Å². The minimum Gasteiger partial charge on any atom is -0.324 e. The summed E-state index contributed by atoms with van der Waals surface area (Å²) in [5.41, 5.74) is 3.01. The first-order chi connectivity index (χ1) is 13.1. The van der Waals surface area contributed by atoms with Gasteiger partial charge < -0.3 is 5.32 Å². The number of amides is 1. The second-order valence-corrected chi connectivity index (χ2v) is 6.55. The van der Waals surface area contributed by atoms with Crippen molar-refractivity contribution in [3.05, 3.63) is 51.9 Å². The molecule has 9 heteroatoms. The minimum atomic E-state index is -0.315. The fourth-order valence-corrected chi connectivity index (χ4v) is 3.19. The van der Waals surface area contributed by atoms with Crippen molar-refractivity contribution in [3.63, 3.8) is 0 Å². The van der Waals surface area contributed by atoms with E-state index in [9.17, 15) is 9.59 Å². The van der Waals surface area contributed by atoms with Gasteiger partial charge in [-0.1, -0.05) is 12.1 Å². The predicted molar refractivity (Wildman–Crippen MR) is 98.0 cm³/mol. The Morgan fingerprint density at radius 2 is 2.04 bits per heavy atom. The zero-order valence-electron chi connectivity index (χ0n) is 14.9. The van der Waals surface area contributed by atoms with Gasteiger partial charge in [-0.25, -0.2) is 4.68 Å². The molecule has 0 atom stereocenters. The third-order valence-corrected chi connectivity index (χ3v) is 4.48. The zero-order valence-corrected chi connectivity index (χ0v) is 14.9. The summed E-state index contributed by atoms with van der Waals surface area (Å²) in [5, 5.41) is 19.1. The SMILES string of the molecule is Cn1nnc(-c2cccc(NC(=O)Cn3nc4c(cc3=O)CCCC4)c2)n1. The van der Waals surface area contributed by atoms with E-state index >= 15 is 0 Å². The first-order valence-corrected chi connectivity index (χ1v) is 8.83. The second-order valence-electron chi connectivity index (χ2n) is 6.55. The van der Waals surface area contributed by atoms with Crippen molar-refractivity contribution in [2.24, 2.45) is 7.05 Å². The van der Waals surface area contributed by atoms with Crippen LogP contribution in [0.3, 0.4) is 0 Å². The number of nitrogens with one attached hydrogen (secondary N) is 1. The Labute approximate surface area is 155 Å². The quantitative estimate of drug-likeness (QED) is 0.738. The first kappa shape index (κ1) is 17.1. The Balaban J connectivity index is 1.49. The van der Waals surface area contributed by atoms with Gasteiger partial charge in [0.25, 0.3) is 5.56 Å². The summed E-state index contributed by atoms with van der Waals surface area (Å²) >= 11 is 0. The molecule has 0 saturated heterocycles. The molecule has 2 heterocycles. The summed E-state index contributed by atoms with van der Waals surface area (Å²) in [6.07, 6.45) is 3.88. The molecule has 4 rings (SSSR count). The van der Waals surface area contributed by atoms with E-state index in [4.69, 9.17) is 0 Å². The second kappa shape index (κ2) is 7.10. The number of tetrazole rings is 1. The maximum atomic E-state index is 12.4. The third-order valence-electron chi connectivity index (χ3n) is 4.48. The lowest BCUT2D eigenvalue weighted by Crippen LogP contribution is -2.31. The lowest BCUT2D eigenvalue weighted by molar-refractivity contribution is -0.117. The number of hydrogen-bond acceptors (Lipinski definition) is 6. The van der Waals surface area contributed by atoms with E-state index in [0.717, 1.165) is 42.5 Å². The van der Waals surface area contributed by atoms with Gasteiger partial charge in [0.2, 0.25) is 11.7 Å². The molecule has 1 aliphatic rings. The molecular weight excluding hydrogens is 346 g/mol. The highest BCUT2D eigenvalue weighted by molar-refractivity contribution is 5.91. The third kappa shape index (κ3) is 3.76. The van der Waals surface area contributed by atoms with Gasteiger partial charge in [0.05, 0.1) is 12.7 Å². The fourth-order valence-electron chi connectivity index (χ4n) is 3.19. The number of carbonyl (C=O) groups is 1. The number of hydrogen-bond donors (Lipinski definition) is 1. The number of nitrogens with zero attached hydrogens (tertiary/aromatic N) is 6. The van der Waals surface area contributed by atoms with E-state index < -0.39 is 0 Å². The van der Waals surface area contributed by atoms with Gasteiger partial charge in [0.1, 0.15) is 6.54 Å². The van der Waals surface area contributed by atoms with Gasteiger partial charge in [-0.05, 0) is 48.6 Å². The van der Waals surface area contributed by atoms with Gasteiger partial charge in [-0.15, -0.1) is 10.2 Å². The van der Waals surface area contributed by atoms with Crippen LogP contribution in [0.1, 0.15) is 24.1 Å². The van der Waals surface area contributed by atoms with Crippen molar-refractivity contribution in [3.8, 4) is 11.4 Å². The van der Waals surface area contributed by atoms with E-state index in [2.05, 4.69) is 25.8 Å². The molecule has 27 heavy (non-hydrogen) atoms. The molecule has 0 spiro atoms. The van der Waals surface area contributed by atoms with Crippen molar-refractivity contribution in [1.29, 1.82) is 0 Å². The molecule has 9 nitrogen and oxygen atoms in total. The minimum absolute atomic E-state index is 0.125. The molecule has 0 fully saturated rings. The van der Waals surface area contributed by atoms with E-state index in [0.29, 0.717) is 11.5 Å². The fraction of sp³-hybridized carbons (Fsp3) is 0.333. The lowest BCUT2D eigenvalue weighted by atomic mass is 9.97. The molecule has 0 bridgehead atoms. The van der Waals surface area contributed by atoms with Crippen LogP contribution in [0.5, 0.6) is 0 Å². The van der Waals surface area contributed by atoms with Gasteiger partial charge in [-0.3, -0.25) is 9.59 Å². The molecule has 2 aromatic heterocycles. The Morgan fingerprint density at radius 1 is 1.19 bits per heavy atom. The largest absolute Gasteiger partial charge is 0.324 e. The molecular formula is C18H19N7O2. The molecule has 0 radical (unpaired) electrons. The molecule has 1 aliphatic carbocycles. The summed E-state index contributed by atoms with van der Waals surface area (Å²) < 4.78 is 1.23. The number of benzene rings is 1. The van der Waals surface area contributed by atoms with Crippen molar-refractivity contribution in [2.75, 3.05) is 5.32 Å². The van der Waals surface area contributed by atoms with Gasteiger partial charge in [-0.2, -0.15) is 9.90 Å². The maximum absolute atomic E-state index is 12.4. The van der Waals surface area contributed by atoms with E-state index in [1.165, 1.54) is 9.48 Å². The highest BCUT2D eigenvalue weighted by Gasteiger charge is 2.15. The smallest absolute Gasteiger partial charge is 0.267 e. The molecule has 0 saturated carbocycles. The number of anilines is 1. The normalized spacial score (nSPS) is 13.2. The van der Waals surface area contributed by atoms with Crippen molar-refractivity contribution in [1.82, 2.24) is 30.0 Å². The number of rotatable bonds is 4. The van der Waals surface area contributed by atoms with Gasteiger partial charge in [0.15, 0.2) is 0 Å². The standard InChI is InChI=1S/C18H19N7O2/c1-24-22-18(20-23-24)13-6-4-7-14(9-13)19-16(26)11-25-17(27)10-12-5-2-3-8-15(12)21-25/h4,6-7,9-10H,2-3,5,8,11H2,1H3,(H,19,26). The van der Waals surface area contributed by atoms with E-state index in [1.54, 1.807) is 31.3 Å². The van der Waals surface area contributed by atoms with Crippen LogP contribution in [-0.4, -0.2) is 35.9 Å². The molecule has 1 amide bonds. The molecule has 1 N–H and O–H groups in total. The molecule has 3 aromatic rings. The number of fused-ring (bicyclic) bond motifs is 1. The average Bonchev–Trinajstić information content (AvgIpc) is 3.09. The van der Waals surface area contributed by atoms with Crippen molar-refractivity contribution < 1.29 is 4.79 Å². The van der Waals surface area contributed by atoms with Crippen LogP contribution in [0.25, 0.3) is 11.4 Å². The summed E-state index contributed by atoms with van der Waals surface area (Å²) in [6.45, 7) is -0.125. The van der Waals surface area contributed by atoms with Crippen molar-refractivity contribution >= 4 is 11.6 Å². The Bertz CT molecular complexity index is 1050. The summed E-state index contributed by atoms with van der Waals surface area (Å²) in [6, 6.07) is 8.76. The molecule has 138 valence electrons. The summed E-state index contributed by atoms with van der Waals surface area (Å²) in [5.74, 6) is 0.158. The lowest BCUT2D eigenvalue weighted by Gasteiger charge is -2.15. The highest BCUT2D eigenvalue weighted by atomic mass is 16.2. The topological polar surface area (TPSA) is 108 Å². The molecule has 0 unspecified atom stereocenters. The van der Waals surface area contributed by atoms with Crippen LogP contribution in [0.2, 0.25) is 0 Å². The Morgan fingerprint density at radius 3 is 2.85 bits per heavy atom. The Kier molecular flexibility index (Phi) is 4.49. The number of aryl methyl sites for hydroxylation is 3. The average molecular weight is 365 g/mol. The first-order valence-electron chi connectivity index (χ1n) is 8.83. The molecule has 0 aliphatic heterocycles. The number of carbonyl (C=O) groups excluding carboxylic acids is 1. The van der Waals surface area contributed by atoms with Crippen LogP contribution in [0.15, 0.2) is 35.1 Å². The summed E-state index contributed by atoms with van der Waals surface area (Å²) in [4.78, 5) is 26.0. The van der Waals surface area contributed by atoms with Crippen LogP contribution in [0.4, 0.5) is 5.69 Å². The van der Waals surface area contributed by atoms with E-state index in [-0.39, 0.29) is 18.0 Å².